The van der Waals surface area contributed by atoms with Crippen LogP contribution < -0.4 is 5.73 Å². The summed E-state index contributed by atoms with van der Waals surface area (Å²) in [5.41, 5.74) is 5.78. The third kappa shape index (κ3) is 2.41. The van der Waals surface area contributed by atoms with Gasteiger partial charge < -0.3 is 10.3 Å². The van der Waals surface area contributed by atoms with Crippen molar-refractivity contribution in [1.82, 2.24) is 15.0 Å². The molecule has 0 radical (unpaired) electrons. The van der Waals surface area contributed by atoms with Crippen molar-refractivity contribution in [2.75, 3.05) is 13.6 Å². The number of aromatic nitrogens is 2. The van der Waals surface area contributed by atoms with Gasteiger partial charge in [-0.15, -0.1) is 0 Å². The Morgan fingerprint density at radius 1 is 1.50 bits per heavy atom. The van der Waals surface area contributed by atoms with E-state index in [-0.39, 0.29) is 0 Å². The van der Waals surface area contributed by atoms with Gasteiger partial charge in [-0.2, -0.15) is 4.98 Å². The molecule has 0 bridgehead atoms. The van der Waals surface area contributed by atoms with Crippen LogP contribution in [0.3, 0.4) is 0 Å². The third-order valence-electron chi connectivity index (χ3n) is 3.44. The molecule has 1 heterocycles. The van der Waals surface area contributed by atoms with Gasteiger partial charge in [0.05, 0.1) is 6.54 Å². The smallest absolute Gasteiger partial charge is 0.240 e. The molecule has 2 N–H and O–H groups in total. The normalized spacial score (nSPS) is 25.5. The molecule has 1 saturated carbocycles. The second-order valence-electron chi connectivity index (χ2n) is 4.64. The number of aryl methyl sites for hydroxylation is 1. The summed E-state index contributed by atoms with van der Waals surface area (Å²) < 4.78 is 5.13. The Morgan fingerprint density at radius 2 is 2.31 bits per heavy atom. The van der Waals surface area contributed by atoms with Gasteiger partial charge in [-0.1, -0.05) is 11.6 Å². The van der Waals surface area contributed by atoms with E-state index in [4.69, 9.17) is 10.3 Å². The molecule has 2 unspecified atom stereocenters. The van der Waals surface area contributed by atoms with Crippen LogP contribution in [0.2, 0.25) is 0 Å². The summed E-state index contributed by atoms with van der Waals surface area (Å²) in [6.07, 6.45) is 3.75. The topological polar surface area (TPSA) is 68.2 Å². The van der Waals surface area contributed by atoms with Crippen molar-refractivity contribution in [2.45, 2.75) is 38.8 Å². The minimum absolute atomic E-state index is 0.567. The molecule has 1 aromatic rings. The first-order chi connectivity index (χ1) is 7.70. The Balaban J connectivity index is 1.94. The largest absolute Gasteiger partial charge is 0.338 e. The van der Waals surface area contributed by atoms with Crippen LogP contribution in [-0.4, -0.2) is 34.7 Å². The first-order valence-corrected chi connectivity index (χ1v) is 5.90. The van der Waals surface area contributed by atoms with E-state index < -0.39 is 0 Å². The van der Waals surface area contributed by atoms with Gasteiger partial charge in [0.15, 0.2) is 5.82 Å². The van der Waals surface area contributed by atoms with E-state index in [1.54, 1.807) is 0 Å². The third-order valence-corrected chi connectivity index (χ3v) is 3.44. The molecule has 0 aliphatic heterocycles. The highest BCUT2D eigenvalue weighted by molar-refractivity contribution is 4.88. The number of nitrogens with two attached hydrogens (primary N) is 1. The number of hydrogen-bond acceptors (Lipinski definition) is 5. The van der Waals surface area contributed by atoms with E-state index in [1.807, 2.05) is 6.92 Å². The van der Waals surface area contributed by atoms with Crippen LogP contribution in [-0.2, 0) is 6.54 Å². The first kappa shape index (κ1) is 11.5. The fourth-order valence-corrected chi connectivity index (χ4v) is 2.61. The molecule has 1 aliphatic carbocycles. The lowest BCUT2D eigenvalue weighted by atomic mass is 10.0. The lowest BCUT2D eigenvalue weighted by molar-refractivity contribution is 0.171. The summed E-state index contributed by atoms with van der Waals surface area (Å²) in [6, 6.07) is 0.567. The summed E-state index contributed by atoms with van der Waals surface area (Å²) in [4.78, 5) is 6.51. The summed E-state index contributed by atoms with van der Waals surface area (Å²) >= 11 is 0. The molecule has 1 aromatic heterocycles. The Hall–Kier alpha value is -0.940. The van der Waals surface area contributed by atoms with Gasteiger partial charge in [0, 0.05) is 6.04 Å². The minimum Gasteiger partial charge on any atom is -0.338 e. The lowest BCUT2D eigenvalue weighted by Gasteiger charge is -2.27. The zero-order valence-electron chi connectivity index (χ0n) is 10.0. The molecule has 16 heavy (non-hydrogen) atoms. The molecule has 5 heteroatoms. The number of nitrogens with zero attached hydrogens (tertiary/aromatic N) is 3. The molecule has 90 valence electrons. The van der Waals surface area contributed by atoms with Crippen LogP contribution in [0.5, 0.6) is 0 Å². The highest BCUT2D eigenvalue weighted by Gasteiger charge is 2.29. The molecule has 0 aromatic carbocycles. The number of hydrogen-bond donors (Lipinski definition) is 1. The van der Waals surface area contributed by atoms with E-state index >= 15 is 0 Å². The van der Waals surface area contributed by atoms with Crippen LogP contribution in [0.1, 0.15) is 31.0 Å². The van der Waals surface area contributed by atoms with Crippen molar-refractivity contribution >= 4 is 0 Å². The van der Waals surface area contributed by atoms with Crippen molar-refractivity contribution in [3.8, 4) is 0 Å². The molecular formula is C11H20N4O. The van der Waals surface area contributed by atoms with E-state index in [0.29, 0.717) is 23.7 Å². The van der Waals surface area contributed by atoms with Gasteiger partial charge in [0.1, 0.15) is 0 Å². The maximum atomic E-state index is 5.78. The molecule has 1 fully saturated rings. The molecule has 0 saturated heterocycles. The Kier molecular flexibility index (Phi) is 3.56. The van der Waals surface area contributed by atoms with E-state index in [0.717, 1.165) is 13.1 Å². The van der Waals surface area contributed by atoms with Gasteiger partial charge >= 0.3 is 0 Å². The van der Waals surface area contributed by atoms with Crippen molar-refractivity contribution in [3.05, 3.63) is 11.7 Å². The second kappa shape index (κ2) is 4.93. The van der Waals surface area contributed by atoms with Gasteiger partial charge in [0.25, 0.3) is 0 Å². The average Bonchev–Trinajstić information content (AvgIpc) is 2.86. The quantitative estimate of drug-likeness (QED) is 0.824. The van der Waals surface area contributed by atoms with Gasteiger partial charge in [-0.05, 0) is 39.3 Å². The summed E-state index contributed by atoms with van der Waals surface area (Å²) in [5.74, 6) is 2.02. The van der Waals surface area contributed by atoms with Crippen molar-refractivity contribution in [3.63, 3.8) is 0 Å². The molecule has 0 spiro atoms. The monoisotopic (exact) mass is 224 g/mol. The zero-order valence-corrected chi connectivity index (χ0v) is 10.0. The minimum atomic E-state index is 0.567. The summed E-state index contributed by atoms with van der Waals surface area (Å²) in [7, 11) is 2.11. The van der Waals surface area contributed by atoms with Crippen molar-refractivity contribution < 1.29 is 4.52 Å². The van der Waals surface area contributed by atoms with E-state index in [1.165, 1.54) is 19.3 Å². The van der Waals surface area contributed by atoms with Crippen LogP contribution in [0.4, 0.5) is 0 Å². The highest BCUT2D eigenvalue weighted by Crippen LogP contribution is 2.29. The fourth-order valence-electron chi connectivity index (χ4n) is 2.61. The van der Waals surface area contributed by atoms with Crippen LogP contribution >= 0.6 is 0 Å². The Labute approximate surface area is 96.0 Å². The predicted octanol–water partition coefficient (Wildman–Crippen LogP) is 0.937. The molecule has 0 amide bonds. The van der Waals surface area contributed by atoms with E-state index in [9.17, 15) is 0 Å². The summed E-state index contributed by atoms with van der Waals surface area (Å²) in [6.45, 7) is 3.34. The standard InChI is InChI=1S/C11H20N4O/c1-8-13-11(16-14-8)7-15(2)10-5-3-4-9(10)6-12/h9-10H,3-7,12H2,1-2H3. The SMILES string of the molecule is Cc1noc(CN(C)C2CCCC2CN)n1. The van der Waals surface area contributed by atoms with Crippen molar-refractivity contribution in [1.29, 1.82) is 0 Å². The molecule has 1 aliphatic rings. The fraction of sp³-hybridized carbons (Fsp3) is 0.818. The molecule has 2 atom stereocenters. The van der Waals surface area contributed by atoms with Gasteiger partial charge in [-0.3, -0.25) is 4.90 Å². The van der Waals surface area contributed by atoms with E-state index in [2.05, 4.69) is 22.1 Å². The molecule has 5 nitrogen and oxygen atoms in total. The Bertz CT molecular complexity index is 338. The predicted molar refractivity (Wildman–Crippen MR) is 60.7 cm³/mol. The number of rotatable bonds is 4. The van der Waals surface area contributed by atoms with Crippen LogP contribution in [0, 0.1) is 12.8 Å². The van der Waals surface area contributed by atoms with Crippen molar-refractivity contribution in [2.24, 2.45) is 11.7 Å². The highest BCUT2D eigenvalue weighted by atomic mass is 16.5. The maximum absolute atomic E-state index is 5.78. The van der Waals surface area contributed by atoms with Gasteiger partial charge in [-0.25, -0.2) is 0 Å². The van der Waals surface area contributed by atoms with Gasteiger partial charge in [0.2, 0.25) is 5.89 Å². The van der Waals surface area contributed by atoms with Crippen LogP contribution in [0.15, 0.2) is 4.52 Å². The maximum Gasteiger partial charge on any atom is 0.240 e. The summed E-state index contributed by atoms with van der Waals surface area (Å²) in [5, 5.41) is 3.80. The molecular weight excluding hydrogens is 204 g/mol. The second-order valence-corrected chi connectivity index (χ2v) is 4.64. The average molecular weight is 224 g/mol. The van der Waals surface area contributed by atoms with Crippen LogP contribution in [0.25, 0.3) is 0 Å². The first-order valence-electron chi connectivity index (χ1n) is 5.90. The lowest BCUT2D eigenvalue weighted by Crippen LogP contribution is -2.37. The Morgan fingerprint density at radius 3 is 2.94 bits per heavy atom. The molecule has 2 rings (SSSR count). The zero-order chi connectivity index (χ0) is 11.5.